The van der Waals surface area contributed by atoms with Crippen molar-refractivity contribution in [3.8, 4) is 0 Å². The third kappa shape index (κ3) is 2.70. The fourth-order valence-corrected chi connectivity index (χ4v) is 5.04. The Kier molecular flexibility index (Phi) is 3.46. The molecule has 0 radical (unpaired) electrons. The van der Waals surface area contributed by atoms with Crippen LogP contribution in [0.1, 0.15) is 6.42 Å². The summed E-state index contributed by atoms with van der Waals surface area (Å²) in [7, 11) is -2.88. The smallest absolute Gasteiger partial charge is 0.317 e. The lowest BCUT2D eigenvalue weighted by Crippen LogP contribution is -2.47. The Morgan fingerprint density at radius 3 is 2.75 bits per heavy atom. The molecule has 0 aromatic heterocycles. The van der Waals surface area contributed by atoms with Crippen molar-refractivity contribution < 1.29 is 18.3 Å². The number of sulfone groups is 1. The highest BCUT2D eigenvalue weighted by Gasteiger charge is 2.36. The Bertz CT molecular complexity index is 381. The second kappa shape index (κ2) is 4.54. The van der Waals surface area contributed by atoms with Crippen LogP contribution in [0.3, 0.4) is 0 Å². The van der Waals surface area contributed by atoms with Gasteiger partial charge in [0.15, 0.2) is 9.84 Å². The van der Waals surface area contributed by atoms with Gasteiger partial charge in [-0.2, -0.15) is 0 Å². The number of hydrogen-bond donors (Lipinski definition) is 1. The summed E-state index contributed by atoms with van der Waals surface area (Å²) < 4.78 is 22.7. The van der Waals surface area contributed by atoms with E-state index in [0.29, 0.717) is 13.0 Å². The second-order valence-electron chi connectivity index (χ2n) is 4.25. The molecule has 16 heavy (non-hydrogen) atoms. The molecule has 1 N–H and O–H groups in total. The maximum atomic E-state index is 11.4. The highest BCUT2D eigenvalue weighted by molar-refractivity contribution is 8.00. The van der Waals surface area contributed by atoms with Crippen molar-refractivity contribution in [3.63, 3.8) is 0 Å². The van der Waals surface area contributed by atoms with E-state index in [4.69, 9.17) is 5.11 Å². The molecule has 7 heteroatoms. The van der Waals surface area contributed by atoms with Gasteiger partial charge in [-0.1, -0.05) is 0 Å². The first kappa shape index (κ1) is 12.2. The topological polar surface area (TPSA) is 74.7 Å². The first-order valence-corrected chi connectivity index (χ1v) is 8.14. The van der Waals surface area contributed by atoms with Crippen LogP contribution in [0.2, 0.25) is 0 Å². The first-order valence-electron chi connectivity index (χ1n) is 5.27. The van der Waals surface area contributed by atoms with Crippen molar-refractivity contribution in [1.82, 2.24) is 4.90 Å². The van der Waals surface area contributed by atoms with Gasteiger partial charge in [0, 0.05) is 24.9 Å². The molecule has 92 valence electrons. The van der Waals surface area contributed by atoms with Crippen LogP contribution in [-0.4, -0.2) is 66.0 Å². The first-order chi connectivity index (χ1) is 7.48. The molecule has 2 unspecified atom stereocenters. The molecule has 0 amide bonds. The average molecular weight is 265 g/mol. The number of hydrogen-bond acceptors (Lipinski definition) is 5. The number of carbonyl (C=O) groups is 1. The molecule has 0 aromatic carbocycles. The van der Waals surface area contributed by atoms with E-state index in [0.717, 1.165) is 12.3 Å². The van der Waals surface area contributed by atoms with E-state index in [1.807, 2.05) is 4.90 Å². The standard InChI is InChI=1S/C9H15NO4S2/c11-9(12)8-5-10(2-3-15-8)7-1-4-16(13,14)6-7/h7-8H,1-6H2,(H,11,12). The molecule has 2 saturated heterocycles. The Morgan fingerprint density at radius 1 is 1.44 bits per heavy atom. The van der Waals surface area contributed by atoms with Gasteiger partial charge in [-0.25, -0.2) is 8.42 Å². The summed E-state index contributed by atoms with van der Waals surface area (Å²) in [6, 6.07) is 0.0350. The van der Waals surface area contributed by atoms with E-state index in [2.05, 4.69) is 0 Å². The van der Waals surface area contributed by atoms with Crippen molar-refractivity contribution in [2.24, 2.45) is 0 Å². The SMILES string of the molecule is O=C(O)C1CN(C2CCS(=O)(=O)C2)CCS1. The molecule has 2 aliphatic heterocycles. The summed E-state index contributed by atoms with van der Waals surface area (Å²) in [6.07, 6.45) is 0.652. The monoisotopic (exact) mass is 265 g/mol. The van der Waals surface area contributed by atoms with Gasteiger partial charge in [0.05, 0.1) is 11.5 Å². The molecule has 2 atom stereocenters. The summed E-state index contributed by atoms with van der Waals surface area (Å²) in [6.45, 7) is 1.27. The maximum Gasteiger partial charge on any atom is 0.317 e. The highest BCUT2D eigenvalue weighted by Crippen LogP contribution is 2.25. The third-order valence-corrected chi connectivity index (χ3v) is 6.02. The lowest BCUT2D eigenvalue weighted by atomic mass is 10.2. The predicted molar refractivity (Wildman–Crippen MR) is 62.5 cm³/mol. The van der Waals surface area contributed by atoms with Gasteiger partial charge in [0.2, 0.25) is 0 Å². The quantitative estimate of drug-likeness (QED) is 0.737. The molecule has 2 heterocycles. The van der Waals surface area contributed by atoms with Gasteiger partial charge in [-0.3, -0.25) is 9.69 Å². The molecule has 2 aliphatic rings. The number of thioether (sulfide) groups is 1. The Hall–Kier alpha value is -0.270. The number of nitrogens with zero attached hydrogens (tertiary/aromatic N) is 1. The van der Waals surface area contributed by atoms with E-state index in [1.165, 1.54) is 11.8 Å². The van der Waals surface area contributed by atoms with Crippen LogP contribution in [0, 0.1) is 0 Å². The molecule has 0 spiro atoms. The van der Waals surface area contributed by atoms with Gasteiger partial charge >= 0.3 is 5.97 Å². The highest BCUT2D eigenvalue weighted by atomic mass is 32.2. The van der Waals surface area contributed by atoms with E-state index in [9.17, 15) is 13.2 Å². The van der Waals surface area contributed by atoms with Gasteiger partial charge in [0.25, 0.3) is 0 Å². The Balaban J connectivity index is 1.98. The van der Waals surface area contributed by atoms with Crippen LogP contribution >= 0.6 is 11.8 Å². The van der Waals surface area contributed by atoms with Gasteiger partial charge < -0.3 is 5.11 Å². The summed E-state index contributed by atoms with van der Waals surface area (Å²) >= 11 is 1.44. The fourth-order valence-electron chi connectivity index (χ4n) is 2.21. The van der Waals surface area contributed by atoms with Crippen LogP contribution < -0.4 is 0 Å². The average Bonchev–Trinajstić information content (AvgIpc) is 2.59. The number of carboxylic acids is 1. The van der Waals surface area contributed by atoms with Gasteiger partial charge in [-0.05, 0) is 6.42 Å². The van der Waals surface area contributed by atoms with Crippen LogP contribution in [0.4, 0.5) is 0 Å². The van der Waals surface area contributed by atoms with E-state index < -0.39 is 21.1 Å². The summed E-state index contributed by atoms with van der Waals surface area (Å²) in [4.78, 5) is 12.9. The molecule has 0 aliphatic carbocycles. The number of rotatable bonds is 2. The van der Waals surface area contributed by atoms with E-state index >= 15 is 0 Å². The zero-order valence-corrected chi connectivity index (χ0v) is 10.5. The van der Waals surface area contributed by atoms with E-state index in [-0.39, 0.29) is 17.5 Å². The van der Waals surface area contributed by atoms with Crippen LogP contribution in [-0.2, 0) is 14.6 Å². The summed E-state index contributed by atoms with van der Waals surface area (Å²) in [5, 5.41) is 8.53. The largest absolute Gasteiger partial charge is 0.480 e. The number of aliphatic carboxylic acids is 1. The maximum absolute atomic E-state index is 11.4. The normalized spacial score (nSPS) is 35.0. The molecule has 2 fully saturated rings. The molecule has 0 saturated carbocycles. The molecule has 0 aromatic rings. The van der Waals surface area contributed by atoms with Crippen molar-refractivity contribution in [2.75, 3.05) is 30.3 Å². The fraction of sp³-hybridized carbons (Fsp3) is 0.889. The molecule has 0 bridgehead atoms. The molecular weight excluding hydrogens is 250 g/mol. The lowest BCUT2D eigenvalue weighted by Gasteiger charge is -2.34. The second-order valence-corrected chi connectivity index (χ2v) is 7.79. The molecule has 2 rings (SSSR count). The van der Waals surface area contributed by atoms with Crippen LogP contribution in [0.15, 0.2) is 0 Å². The Morgan fingerprint density at radius 2 is 2.19 bits per heavy atom. The summed E-state index contributed by atoms with van der Waals surface area (Å²) in [5.41, 5.74) is 0. The van der Waals surface area contributed by atoms with Crippen molar-refractivity contribution in [2.45, 2.75) is 17.7 Å². The van der Waals surface area contributed by atoms with Crippen molar-refractivity contribution in [3.05, 3.63) is 0 Å². The Labute approximate surface area is 99.1 Å². The zero-order valence-electron chi connectivity index (χ0n) is 8.83. The minimum Gasteiger partial charge on any atom is -0.480 e. The minimum absolute atomic E-state index is 0.0350. The zero-order chi connectivity index (χ0) is 11.8. The summed E-state index contributed by atoms with van der Waals surface area (Å²) in [5.74, 6) is 0.423. The van der Waals surface area contributed by atoms with Crippen LogP contribution in [0.25, 0.3) is 0 Å². The predicted octanol–water partition coefficient (Wildman–Crippen LogP) is -0.325. The van der Waals surface area contributed by atoms with Crippen molar-refractivity contribution >= 4 is 27.6 Å². The lowest BCUT2D eigenvalue weighted by molar-refractivity contribution is -0.136. The molecular formula is C9H15NO4S2. The van der Waals surface area contributed by atoms with Crippen molar-refractivity contribution in [1.29, 1.82) is 0 Å². The number of carboxylic acid groups (broad SMARTS) is 1. The van der Waals surface area contributed by atoms with Crippen LogP contribution in [0.5, 0.6) is 0 Å². The third-order valence-electron chi connectivity index (χ3n) is 3.10. The molecule has 5 nitrogen and oxygen atoms in total. The van der Waals surface area contributed by atoms with Gasteiger partial charge in [-0.15, -0.1) is 11.8 Å². The van der Waals surface area contributed by atoms with Gasteiger partial charge in [0.1, 0.15) is 5.25 Å². The minimum atomic E-state index is -2.88. The van der Waals surface area contributed by atoms with E-state index in [1.54, 1.807) is 0 Å².